The number of hydrogen-bond donors (Lipinski definition) is 4. The molecule has 0 amide bonds. The van der Waals surface area contributed by atoms with E-state index in [2.05, 4.69) is 40.8 Å². The Balaban J connectivity index is 1.51. The third-order valence-corrected chi connectivity index (χ3v) is 4.32. The second kappa shape index (κ2) is 7.41. The van der Waals surface area contributed by atoms with Crippen LogP contribution in [-0.4, -0.2) is 41.8 Å². The zero-order valence-electron chi connectivity index (χ0n) is 14.0. The van der Waals surface area contributed by atoms with Crippen molar-refractivity contribution >= 4 is 29.2 Å². The Morgan fingerprint density at radius 2 is 2.04 bits per heavy atom. The smallest absolute Gasteiger partial charge is 0.225 e. The number of nitrogens with zero attached hydrogens (tertiary/aromatic N) is 5. The predicted octanol–water partition coefficient (Wildman–Crippen LogP) is 2.55. The van der Waals surface area contributed by atoms with Crippen LogP contribution in [-0.2, 0) is 0 Å². The molecule has 1 aliphatic rings. The highest BCUT2D eigenvalue weighted by molar-refractivity contribution is 6.32. The largest absolute Gasteiger partial charge is 0.394 e. The summed E-state index contributed by atoms with van der Waals surface area (Å²) in [5, 5.41) is 23.0. The summed E-state index contributed by atoms with van der Waals surface area (Å²) < 4.78 is 13.0. The molecule has 1 fully saturated rings. The fraction of sp³-hybridized carbons (Fsp3) is 0.312. The van der Waals surface area contributed by atoms with Crippen molar-refractivity contribution in [1.29, 1.82) is 0 Å². The lowest BCUT2D eigenvalue weighted by Crippen LogP contribution is -2.19. The molecular weight excluding hydrogens is 375 g/mol. The number of aromatic amines is 1. The van der Waals surface area contributed by atoms with Gasteiger partial charge in [-0.1, -0.05) is 11.6 Å². The van der Waals surface area contributed by atoms with Crippen LogP contribution >= 0.6 is 11.6 Å². The molecule has 27 heavy (non-hydrogen) atoms. The number of aromatic nitrogens is 6. The molecule has 140 valence electrons. The van der Waals surface area contributed by atoms with Crippen LogP contribution in [0.5, 0.6) is 0 Å². The fourth-order valence-electron chi connectivity index (χ4n) is 2.50. The van der Waals surface area contributed by atoms with Crippen LogP contribution in [0.25, 0.3) is 0 Å². The van der Waals surface area contributed by atoms with E-state index < -0.39 is 11.9 Å². The number of H-pyrrole nitrogens is 1. The van der Waals surface area contributed by atoms with E-state index in [1.807, 2.05) is 6.07 Å². The maximum atomic E-state index is 13.0. The van der Waals surface area contributed by atoms with Gasteiger partial charge in [0.1, 0.15) is 11.1 Å². The number of aliphatic hydroxyl groups excluding tert-OH is 1. The van der Waals surface area contributed by atoms with E-state index in [1.54, 1.807) is 0 Å². The van der Waals surface area contributed by atoms with Crippen molar-refractivity contribution in [2.45, 2.75) is 24.8 Å². The molecule has 0 bridgehead atoms. The molecule has 0 aromatic carbocycles. The quantitative estimate of drug-likeness (QED) is 0.485. The molecule has 3 heterocycles. The first kappa shape index (κ1) is 17.6. The highest BCUT2D eigenvalue weighted by atomic mass is 35.5. The van der Waals surface area contributed by atoms with Crippen LogP contribution < -0.4 is 10.6 Å². The predicted molar refractivity (Wildman–Crippen MR) is 96.3 cm³/mol. The first-order chi connectivity index (χ1) is 13.1. The van der Waals surface area contributed by atoms with Crippen molar-refractivity contribution in [3.63, 3.8) is 0 Å². The third-order valence-electron chi connectivity index (χ3n) is 4.04. The van der Waals surface area contributed by atoms with E-state index in [0.29, 0.717) is 22.6 Å². The van der Waals surface area contributed by atoms with Crippen LogP contribution in [0, 0.1) is 5.82 Å². The van der Waals surface area contributed by atoms with Crippen LogP contribution in [0.2, 0.25) is 5.02 Å². The molecule has 4 N–H and O–H groups in total. The number of halogens is 2. The molecule has 11 heteroatoms. The minimum absolute atomic E-state index is 0.201. The summed E-state index contributed by atoms with van der Waals surface area (Å²) in [6.07, 6.45) is 5.80. The Labute approximate surface area is 158 Å². The van der Waals surface area contributed by atoms with E-state index in [9.17, 15) is 9.50 Å². The van der Waals surface area contributed by atoms with E-state index in [4.69, 9.17) is 11.6 Å². The summed E-state index contributed by atoms with van der Waals surface area (Å²) in [6.45, 7) is -0.329. The second-order valence-corrected chi connectivity index (χ2v) is 6.54. The number of anilines is 3. The van der Waals surface area contributed by atoms with Gasteiger partial charge in [0.2, 0.25) is 5.95 Å². The highest BCUT2D eigenvalue weighted by Crippen LogP contribution is 2.39. The summed E-state index contributed by atoms with van der Waals surface area (Å²) >= 11 is 6.16. The molecule has 4 rings (SSSR count). The van der Waals surface area contributed by atoms with Crippen LogP contribution in [0.15, 0.2) is 24.7 Å². The third kappa shape index (κ3) is 4.12. The lowest BCUT2D eigenvalue weighted by molar-refractivity contribution is 0.271. The van der Waals surface area contributed by atoms with Crippen molar-refractivity contribution in [2.75, 3.05) is 17.2 Å². The zero-order valence-corrected chi connectivity index (χ0v) is 14.8. The van der Waals surface area contributed by atoms with Crippen LogP contribution in [0.4, 0.5) is 22.0 Å². The molecule has 3 aromatic heterocycles. The number of nitrogens with one attached hydrogen (secondary N) is 3. The van der Waals surface area contributed by atoms with E-state index in [0.717, 1.165) is 30.9 Å². The maximum Gasteiger partial charge on any atom is 0.225 e. The maximum absolute atomic E-state index is 13.0. The standard InChI is InChI=1S/C16H16ClFN8O/c17-10-6-21-16(22-12(7-27)15-19-4-9(18)5-20-15)24-14(10)23-13-3-11(25-26-13)8-1-2-8/h3-6,8,12,27H,1-2,7H2,(H3,21,22,23,24,25,26)/t12-/m0/s1. The van der Waals surface area contributed by atoms with Crippen molar-refractivity contribution in [2.24, 2.45) is 0 Å². The van der Waals surface area contributed by atoms with Crippen molar-refractivity contribution < 1.29 is 9.50 Å². The van der Waals surface area contributed by atoms with Gasteiger partial charge in [0.15, 0.2) is 23.3 Å². The number of aliphatic hydroxyl groups is 1. The van der Waals surface area contributed by atoms with Gasteiger partial charge in [0.25, 0.3) is 0 Å². The molecule has 0 unspecified atom stereocenters. The molecule has 1 aliphatic carbocycles. The SMILES string of the molecule is OC[C@H](Nc1ncc(Cl)c(Nc2cc(C3CC3)[nH]n2)n1)c1ncc(F)cn1. The lowest BCUT2D eigenvalue weighted by atomic mass is 10.3. The van der Waals surface area contributed by atoms with E-state index >= 15 is 0 Å². The van der Waals surface area contributed by atoms with E-state index in [-0.39, 0.29) is 18.4 Å². The van der Waals surface area contributed by atoms with Gasteiger partial charge >= 0.3 is 0 Å². The minimum atomic E-state index is -0.702. The van der Waals surface area contributed by atoms with Crippen LogP contribution in [0.1, 0.15) is 36.3 Å². The normalized spacial score (nSPS) is 14.8. The van der Waals surface area contributed by atoms with Gasteiger partial charge in [-0.15, -0.1) is 0 Å². The summed E-state index contributed by atoms with van der Waals surface area (Å²) in [5.74, 6) is 1.37. The van der Waals surface area contributed by atoms with Gasteiger partial charge in [0.05, 0.1) is 25.2 Å². The molecule has 0 radical (unpaired) electrons. The minimum Gasteiger partial charge on any atom is -0.394 e. The molecule has 3 aromatic rings. The lowest BCUT2D eigenvalue weighted by Gasteiger charge is -2.15. The molecular formula is C16H16ClFN8O. The first-order valence-electron chi connectivity index (χ1n) is 8.32. The molecule has 9 nitrogen and oxygen atoms in total. The van der Waals surface area contributed by atoms with Crippen molar-refractivity contribution in [1.82, 2.24) is 30.1 Å². The summed E-state index contributed by atoms with van der Waals surface area (Å²) in [6, 6.07) is 1.22. The average Bonchev–Trinajstić information content (AvgIpc) is 3.42. The Bertz CT molecular complexity index is 930. The zero-order chi connectivity index (χ0) is 18.8. The molecule has 1 atom stereocenters. The molecule has 0 saturated heterocycles. The van der Waals surface area contributed by atoms with Gasteiger partial charge in [-0.05, 0) is 12.8 Å². The average molecular weight is 391 g/mol. The fourth-order valence-corrected chi connectivity index (χ4v) is 2.64. The first-order valence-corrected chi connectivity index (χ1v) is 8.70. The Morgan fingerprint density at radius 3 is 2.74 bits per heavy atom. The van der Waals surface area contributed by atoms with Gasteiger partial charge in [-0.25, -0.2) is 19.3 Å². The number of rotatable bonds is 7. The summed E-state index contributed by atoms with van der Waals surface area (Å²) in [7, 11) is 0. The van der Waals surface area contributed by atoms with Gasteiger partial charge < -0.3 is 15.7 Å². The highest BCUT2D eigenvalue weighted by Gasteiger charge is 2.25. The summed E-state index contributed by atoms with van der Waals surface area (Å²) in [5.41, 5.74) is 1.08. The van der Waals surface area contributed by atoms with E-state index in [1.165, 1.54) is 6.20 Å². The monoisotopic (exact) mass is 390 g/mol. The Hall–Kier alpha value is -2.85. The molecule has 0 spiro atoms. The Kier molecular flexibility index (Phi) is 4.82. The molecule has 1 saturated carbocycles. The number of hydrogen-bond acceptors (Lipinski definition) is 8. The summed E-state index contributed by atoms with van der Waals surface area (Å²) in [4.78, 5) is 16.1. The van der Waals surface area contributed by atoms with Gasteiger partial charge in [0, 0.05) is 17.7 Å². The van der Waals surface area contributed by atoms with Crippen molar-refractivity contribution in [3.8, 4) is 0 Å². The van der Waals surface area contributed by atoms with Crippen molar-refractivity contribution in [3.05, 3.63) is 47.0 Å². The van der Waals surface area contributed by atoms with Gasteiger partial charge in [-0.3, -0.25) is 5.10 Å². The Morgan fingerprint density at radius 1 is 1.26 bits per heavy atom. The topological polar surface area (TPSA) is 125 Å². The second-order valence-electron chi connectivity index (χ2n) is 6.14. The van der Waals surface area contributed by atoms with Gasteiger partial charge in [-0.2, -0.15) is 10.1 Å². The van der Waals surface area contributed by atoms with Crippen LogP contribution in [0.3, 0.4) is 0 Å². The molecule has 0 aliphatic heterocycles.